The van der Waals surface area contributed by atoms with E-state index in [4.69, 9.17) is 12.2 Å². The quantitative estimate of drug-likeness (QED) is 0.591. The molecule has 2 aromatic rings. The van der Waals surface area contributed by atoms with Gasteiger partial charge in [0.2, 0.25) is 5.88 Å². The van der Waals surface area contributed by atoms with Crippen molar-refractivity contribution in [2.24, 2.45) is 5.10 Å². The van der Waals surface area contributed by atoms with Crippen molar-refractivity contribution in [2.45, 2.75) is 25.3 Å². The predicted molar refractivity (Wildman–Crippen MR) is 89.0 cm³/mol. The van der Waals surface area contributed by atoms with Gasteiger partial charge in [-0.25, -0.2) is 0 Å². The summed E-state index contributed by atoms with van der Waals surface area (Å²) in [6.07, 6.45) is 8.08. The molecular formula is C15H17N5O2S. The number of rotatable bonds is 3. The van der Waals surface area contributed by atoms with Crippen LogP contribution in [0.5, 0.6) is 5.88 Å². The summed E-state index contributed by atoms with van der Waals surface area (Å²) >= 11 is 4.81. The van der Waals surface area contributed by atoms with E-state index in [1.807, 2.05) is 23.3 Å². The lowest BCUT2D eigenvalue weighted by Crippen LogP contribution is -2.29. The number of piperidine rings is 1. The van der Waals surface area contributed by atoms with E-state index >= 15 is 0 Å². The predicted octanol–water partition coefficient (Wildman–Crippen LogP) is 2.09. The minimum atomic E-state index is -0.468. The number of aromatic amines is 2. The fourth-order valence-corrected chi connectivity index (χ4v) is 2.89. The van der Waals surface area contributed by atoms with Crippen molar-refractivity contribution in [3.8, 4) is 5.88 Å². The van der Waals surface area contributed by atoms with Crippen LogP contribution in [-0.2, 0) is 0 Å². The maximum atomic E-state index is 11.9. The topological polar surface area (TPSA) is 97.4 Å². The molecule has 2 aromatic heterocycles. The standard InChI is InChI=1S/C15H17N5O2S/c21-13-11(14(22)19-15(23)18-13)9-17-20-7-2-1-5-12(20)10-4-3-6-16-8-10/h3-4,6,8-9,12H,1-2,5,7H2,(H3,18,19,21,22,23)/b17-9+/t12-/m1/s1. The maximum absolute atomic E-state index is 11.9. The zero-order valence-electron chi connectivity index (χ0n) is 12.4. The Morgan fingerprint density at radius 1 is 1.43 bits per heavy atom. The molecule has 3 N–H and O–H groups in total. The molecule has 120 valence electrons. The molecule has 0 bridgehead atoms. The molecule has 3 rings (SSSR count). The third-order valence-electron chi connectivity index (χ3n) is 3.84. The first-order valence-corrected chi connectivity index (χ1v) is 7.82. The van der Waals surface area contributed by atoms with E-state index in [-0.39, 0.29) is 22.3 Å². The van der Waals surface area contributed by atoms with Gasteiger partial charge in [0.15, 0.2) is 4.77 Å². The highest BCUT2D eigenvalue weighted by Crippen LogP contribution is 2.30. The zero-order valence-corrected chi connectivity index (χ0v) is 13.2. The Labute approximate surface area is 137 Å². The van der Waals surface area contributed by atoms with Gasteiger partial charge in [-0.3, -0.25) is 19.8 Å². The maximum Gasteiger partial charge on any atom is 0.264 e. The summed E-state index contributed by atoms with van der Waals surface area (Å²) in [5.74, 6) is -0.280. The largest absolute Gasteiger partial charge is 0.494 e. The SMILES string of the molecule is O=c1[nH]c(=S)[nH]c(O)c1/C=N/N1CCCC[C@@H]1c1cccnc1. The number of hydrogen-bond acceptors (Lipinski definition) is 6. The molecule has 1 fully saturated rings. The molecule has 0 amide bonds. The summed E-state index contributed by atoms with van der Waals surface area (Å²) in [6, 6.07) is 4.05. The van der Waals surface area contributed by atoms with Crippen LogP contribution in [0.2, 0.25) is 0 Å². The van der Waals surface area contributed by atoms with Crippen LogP contribution in [0.4, 0.5) is 0 Å². The normalized spacial score (nSPS) is 18.4. The number of aromatic hydroxyl groups is 1. The highest BCUT2D eigenvalue weighted by Gasteiger charge is 2.22. The van der Waals surface area contributed by atoms with Crippen LogP contribution < -0.4 is 5.56 Å². The zero-order chi connectivity index (χ0) is 16.2. The molecule has 1 saturated heterocycles. The van der Waals surface area contributed by atoms with Crippen LogP contribution in [0.1, 0.15) is 36.4 Å². The Kier molecular flexibility index (Phi) is 4.52. The van der Waals surface area contributed by atoms with Crippen molar-refractivity contribution in [1.82, 2.24) is 20.0 Å². The summed E-state index contributed by atoms with van der Waals surface area (Å²) in [7, 11) is 0. The van der Waals surface area contributed by atoms with Gasteiger partial charge in [-0.05, 0) is 43.1 Å². The van der Waals surface area contributed by atoms with Crippen molar-refractivity contribution in [2.75, 3.05) is 6.54 Å². The lowest BCUT2D eigenvalue weighted by molar-refractivity contribution is 0.156. The van der Waals surface area contributed by atoms with Crippen LogP contribution in [0.3, 0.4) is 0 Å². The first kappa shape index (κ1) is 15.4. The molecule has 1 aliphatic heterocycles. The van der Waals surface area contributed by atoms with Crippen LogP contribution in [-0.4, -0.2) is 37.8 Å². The third-order valence-corrected chi connectivity index (χ3v) is 4.04. The van der Waals surface area contributed by atoms with Crippen molar-refractivity contribution < 1.29 is 5.11 Å². The second kappa shape index (κ2) is 6.74. The van der Waals surface area contributed by atoms with Gasteiger partial charge in [0.05, 0.1) is 12.3 Å². The molecule has 1 aliphatic rings. The average molecular weight is 331 g/mol. The van der Waals surface area contributed by atoms with E-state index in [0.717, 1.165) is 31.4 Å². The van der Waals surface area contributed by atoms with Gasteiger partial charge in [-0.2, -0.15) is 5.10 Å². The van der Waals surface area contributed by atoms with Crippen LogP contribution in [0.15, 0.2) is 34.4 Å². The summed E-state index contributed by atoms with van der Waals surface area (Å²) in [6.45, 7) is 0.789. The Hall–Kier alpha value is -2.48. The van der Waals surface area contributed by atoms with Gasteiger partial charge in [0.1, 0.15) is 5.56 Å². The summed E-state index contributed by atoms with van der Waals surface area (Å²) in [5, 5.41) is 16.2. The van der Waals surface area contributed by atoms with Gasteiger partial charge < -0.3 is 10.1 Å². The molecule has 1 atom stereocenters. The molecule has 0 aromatic carbocycles. The van der Waals surface area contributed by atoms with E-state index in [1.165, 1.54) is 6.21 Å². The number of hydrogen-bond donors (Lipinski definition) is 3. The molecule has 0 spiro atoms. The minimum Gasteiger partial charge on any atom is -0.494 e. The van der Waals surface area contributed by atoms with E-state index in [9.17, 15) is 9.90 Å². The van der Waals surface area contributed by atoms with Crippen molar-refractivity contribution in [3.63, 3.8) is 0 Å². The first-order valence-electron chi connectivity index (χ1n) is 7.41. The molecule has 0 unspecified atom stereocenters. The van der Waals surface area contributed by atoms with Crippen molar-refractivity contribution >= 4 is 18.4 Å². The fourth-order valence-electron chi connectivity index (χ4n) is 2.70. The van der Waals surface area contributed by atoms with Crippen LogP contribution in [0, 0.1) is 4.77 Å². The molecule has 23 heavy (non-hydrogen) atoms. The lowest BCUT2D eigenvalue weighted by atomic mass is 9.98. The number of pyridine rings is 1. The van der Waals surface area contributed by atoms with E-state index in [0.29, 0.717) is 0 Å². The number of aromatic nitrogens is 3. The summed E-state index contributed by atoms with van der Waals surface area (Å²) < 4.78 is 0.0795. The number of nitrogens with zero attached hydrogens (tertiary/aromatic N) is 3. The Bertz CT molecular complexity index is 815. The van der Waals surface area contributed by atoms with Gasteiger partial charge in [-0.15, -0.1) is 0 Å². The first-order chi connectivity index (χ1) is 11.1. The molecule has 0 radical (unpaired) electrons. The van der Waals surface area contributed by atoms with E-state index in [2.05, 4.69) is 20.1 Å². The smallest absolute Gasteiger partial charge is 0.264 e. The molecule has 0 aliphatic carbocycles. The van der Waals surface area contributed by atoms with Crippen molar-refractivity contribution in [3.05, 3.63) is 50.8 Å². The Morgan fingerprint density at radius 3 is 3.04 bits per heavy atom. The van der Waals surface area contributed by atoms with Gasteiger partial charge >= 0.3 is 0 Å². The monoisotopic (exact) mass is 331 g/mol. The second-order valence-corrected chi connectivity index (χ2v) is 5.78. The van der Waals surface area contributed by atoms with E-state index in [1.54, 1.807) is 6.20 Å². The summed E-state index contributed by atoms with van der Waals surface area (Å²) in [5.41, 5.74) is 0.689. The van der Waals surface area contributed by atoms with Crippen LogP contribution >= 0.6 is 12.2 Å². The van der Waals surface area contributed by atoms with Gasteiger partial charge in [0, 0.05) is 18.9 Å². The number of H-pyrrole nitrogens is 2. The molecule has 0 saturated carbocycles. The van der Waals surface area contributed by atoms with Crippen molar-refractivity contribution in [1.29, 1.82) is 0 Å². The second-order valence-electron chi connectivity index (χ2n) is 5.38. The lowest BCUT2D eigenvalue weighted by Gasteiger charge is -2.33. The molecule has 7 nitrogen and oxygen atoms in total. The van der Waals surface area contributed by atoms with E-state index < -0.39 is 5.56 Å². The molecule has 3 heterocycles. The molecular weight excluding hydrogens is 314 g/mol. The fraction of sp³-hybridized carbons (Fsp3) is 0.333. The number of hydrazone groups is 1. The van der Waals surface area contributed by atoms with Crippen LogP contribution in [0.25, 0.3) is 0 Å². The van der Waals surface area contributed by atoms with Gasteiger partial charge in [0.25, 0.3) is 5.56 Å². The summed E-state index contributed by atoms with van der Waals surface area (Å²) in [4.78, 5) is 21.0. The van der Waals surface area contributed by atoms with Gasteiger partial charge in [-0.1, -0.05) is 6.07 Å². The molecule has 8 heteroatoms. The number of nitrogens with one attached hydrogen (secondary N) is 2. The third kappa shape index (κ3) is 3.48. The Balaban J connectivity index is 1.88. The highest BCUT2D eigenvalue weighted by molar-refractivity contribution is 7.71. The highest BCUT2D eigenvalue weighted by atomic mass is 32.1. The Morgan fingerprint density at radius 2 is 2.30 bits per heavy atom. The average Bonchev–Trinajstić information content (AvgIpc) is 2.55. The minimum absolute atomic E-state index is 0.0640.